The SMILES string of the molecule is Clc1ccc2c3c(cccc13)C[C@H]2N1CCC(N2CNc3ccccc32)CC1. The van der Waals surface area contributed by atoms with Crippen LogP contribution in [0.1, 0.15) is 30.0 Å². The Labute approximate surface area is 170 Å². The van der Waals surface area contributed by atoms with Gasteiger partial charge in [-0.1, -0.05) is 48.0 Å². The zero-order valence-electron chi connectivity index (χ0n) is 15.9. The number of halogens is 1. The van der Waals surface area contributed by atoms with E-state index in [1.54, 1.807) is 0 Å². The lowest BCUT2D eigenvalue weighted by molar-refractivity contribution is 0.154. The van der Waals surface area contributed by atoms with Gasteiger partial charge in [0, 0.05) is 35.6 Å². The van der Waals surface area contributed by atoms with Crippen molar-refractivity contribution < 1.29 is 0 Å². The molecule has 0 radical (unpaired) electrons. The number of nitrogens with one attached hydrogen (secondary N) is 1. The summed E-state index contributed by atoms with van der Waals surface area (Å²) in [6, 6.07) is 20.8. The van der Waals surface area contributed by atoms with Crippen molar-refractivity contribution in [1.82, 2.24) is 4.90 Å². The molecule has 0 saturated carbocycles. The maximum absolute atomic E-state index is 6.47. The second kappa shape index (κ2) is 6.40. The van der Waals surface area contributed by atoms with Gasteiger partial charge in [0.25, 0.3) is 0 Å². The van der Waals surface area contributed by atoms with E-state index in [1.165, 1.54) is 46.1 Å². The summed E-state index contributed by atoms with van der Waals surface area (Å²) in [6.45, 7) is 3.26. The van der Waals surface area contributed by atoms with E-state index in [0.29, 0.717) is 12.1 Å². The van der Waals surface area contributed by atoms with Gasteiger partial charge >= 0.3 is 0 Å². The van der Waals surface area contributed by atoms with Crippen LogP contribution in [0.15, 0.2) is 54.6 Å². The lowest BCUT2D eigenvalue weighted by Gasteiger charge is -2.40. The van der Waals surface area contributed by atoms with E-state index in [4.69, 9.17) is 11.6 Å². The number of fused-ring (bicyclic) bond motifs is 1. The van der Waals surface area contributed by atoms with Crippen molar-refractivity contribution in [2.24, 2.45) is 0 Å². The molecule has 1 saturated heterocycles. The molecule has 3 aromatic carbocycles. The summed E-state index contributed by atoms with van der Waals surface area (Å²) in [6.07, 6.45) is 3.56. The van der Waals surface area contributed by atoms with E-state index >= 15 is 0 Å². The molecule has 0 amide bonds. The molecule has 1 aliphatic carbocycles. The first kappa shape index (κ1) is 16.7. The molecule has 1 N–H and O–H groups in total. The van der Waals surface area contributed by atoms with Gasteiger partial charge in [-0.15, -0.1) is 0 Å². The van der Waals surface area contributed by atoms with Crippen LogP contribution in [-0.2, 0) is 6.42 Å². The van der Waals surface area contributed by atoms with Gasteiger partial charge in [-0.25, -0.2) is 0 Å². The third-order valence-electron chi connectivity index (χ3n) is 6.91. The van der Waals surface area contributed by atoms with Crippen molar-refractivity contribution in [3.63, 3.8) is 0 Å². The molecule has 142 valence electrons. The zero-order valence-corrected chi connectivity index (χ0v) is 16.6. The van der Waals surface area contributed by atoms with Crippen LogP contribution in [0.4, 0.5) is 11.4 Å². The number of rotatable bonds is 2. The number of anilines is 2. The number of hydrogen-bond acceptors (Lipinski definition) is 3. The fraction of sp³-hybridized carbons (Fsp3) is 0.333. The Hall–Kier alpha value is -2.23. The van der Waals surface area contributed by atoms with Gasteiger partial charge in [-0.3, -0.25) is 4.90 Å². The molecular weight excluding hydrogens is 366 g/mol. The lowest BCUT2D eigenvalue weighted by atomic mass is 9.98. The van der Waals surface area contributed by atoms with E-state index in [2.05, 4.69) is 69.7 Å². The molecule has 1 fully saturated rings. The molecule has 3 aromatic rings. The van der Waals surface area contributed by atoms with E-state index in [0.717, 1.165) is 31.2 Å². The van der Waals surface area contributed by atoms with Crippen LogP contribution >= 0.6 is 11.6 Å². The summed E-state index contributed by atoms with van der Waals surface area (Å²) in [4.78, 5) is 5.27. The fourth-order valence-corrected chi connectivity index (χ4v) is 5.75. The summed E-state index contributed by atoms with van der Waals surface area (Å²) in [7, 11) is 0. The number of nitrogens with zero attached hydrogens (tertiary/aromatic N) is 2. The summed E-state index contributed by atoms with van der Waals surface area (Å²) in [5.41, 5.74) is 5.58. The predicted molar refractivity (Wildman–Crippen MR) is 117 cm³/mol. The smallest absolute Gasteiger partial charge is 0.0880 e. The molecule has 2 aliphatic heterocycles. The predicted octanol–water partition coefficient (Wildman–Crippen LogP) is 5.44. The first-order chi connectivity index (χ1) is 13.8. The van der Waals surface area contributed by atoms with Gasteiger partial charge in [0.05, 0.1) is 18.0 Å². The highest BCUT2D eigenvalue weighted by atomic mass is 35.5. The van der Waals surface area contributed by atoms with Crippen molar-refractivity contribution in [2.45, 2.75) is 31.3 Å². The van der Waals surface area contributed by atoms with Gasteiger partial charge in [0.15, 0.2) is 0 Å². The first-order valence-electron chi connectivity index (χ1n) is 10.3. The monoisotopic (exact) mass is 389 g/mol. The average Bonchev–Trinajstić information content (AvgIpc) is 3.34. The number of para-hydroxylation sites is 2. The van der Waals surface area contributed by atoms with Crippen LogP contribution in [0.5, 0.6) is 0 Å². The number of benzene rings is 3. The van der Waals surface area contributed by atoms with Crippen molar-refractivity contribution in [3.05, 3.63) is 70.7 Å². The first-order valence-corrected chi connectivity index (χ1v) is 10.7. The second-order valence-electron chi connectivity index (χ2n) is 8.29. The average molecular weight is 390 g/mol. The maximum Gasteiger partial charge on any atom is 0.0880 e. The van der Waals surface area contributed by atoms with E-state index < -0.39 is 0 Å². The molecule has 0 spiro atoms. The molecule has 6 rings (SSSR count). The Balaban J connectivity index is 1.22. The van der Waals surface area contributed by atoms with Crippen LogP contribution in [0, 0.1) is 0 Å². The quantitative estimate of drug-likeness (QED) is 0.629. The third kappa shape index (κ3) is 2.46. The largest absolute Gasteiger partial charge is 0.366 e. The summed E-state index contributed by atoms with van der Waals surface area (Å²) >= 11 is 6.47. The minimum absolute atomic E-state index is 0.502. The van der Waals surface area contributed by atoms with E-state index in [9.17, 15) is 0 Å². The third-order valence-corrected chi connectivity index (χ3v) is 7.24. The summed E-state index contributed by atoms with van der Waals surface area (Å²) in [5, 5.41) is 7.04. The van der Waals surface area contributed by atoms with Crippen LogP contribution in [-0.4, -0.2) is 30.7 Å². The Morgan fingerprint density at radius 2 is 1.79 bits per heavy atom. The van der Waals surface area contributed by atoms with Crippen LogP contribution < -0.4 is 10.2 Å². The standard InChI is InChI=1S/C24H24ClN3/c25-20-9-8-19-23(14-16-4-3-5-18(20)24(16)19)27-12-10-17(11-13-27)28-15-26-21-6-1-2-7-22(21)28/h1-9,17,23,26H,10-15H2/t23-/m1/s1. The second-order valence-corrected chi connectivity index (χ2v) is 8.69. The Morgan fingerprint density at radius 1 is 0.929 bits per heavy atom. The van der Waals surface area contributed by atoms with Crippen LogP contribution in [0.3, 0.4) is 0 Å². The fourth-order valence-electron chi connectivity index (χ4n) is 5.53. The molecule has 0 unspecified atom stereocenters. The van der Waals surface area contributed by atoms with Crippen molar-refractivity contribution in [2.75, 3.05) is 30.0 Å². The van der Waals surface area contributed by atoms with Gasteiger partial charge in [-0.2, -0.15) is 0 Å². The Bertz CT molecular complexity index is 1050. The van der Waals surface area contributed by atoms with Gasteiger partial charge < -0.3 is 10.2 Å². The molecule has 3 aliphatic rings. The normalized spacial score (nSPS) is 21.9. The van der Waals surface area contributed by atoms with Gasteiger partial charge in [0.2, 0.25) is 0 Å². The van der Waals surface area contributed by atoms with Crippen molar-refractivity contribution >= 4 is 33.7 Å². The van der Waals surface area contributed by atoms with Crippen molar-refractivity contribution in [1.29, 1.82) is 0 Å². The Morgan fingerprint density at radius 3 is 2.68 bits per heavy atom. The maximum atomic E-state index is 6.47. The molecule has 28 heavy (non-hydrogen) atoms. The topological polar surface area (TPSA) is 18.5 Å². The molecule has 4 heteroatoms. The highest BCUT2D eigenvalue weighted by molar-refractivity contribution is 6.35. The van der Waals surface area contributed by atoms with E-state index in [-0.39, 0.29) is 0 Å². The number of hydrogen-bond donors (Lipinski definition) is 1. The van der Waals surface area contributed by atoms with Gasteiger partial charge in [0.1, 0.15) is 0 Å². The lowest BCUT2D eigenvalue weighted by Crippen LogP contribution is -2.46. The zero-order chi connectivity index (χ0) is 18.7. The molecular formula is C24H24ClN3. The van der Waals surface area contributed by atoms with Crippen LogP contribution in [0.25, 0.3) is 10.8 Å². The highest BCUT2D eigenvalue weighted by Crippen LogP contribution is 2.43. The highest BCUT2D eigenvalue weighted by Gasteiger charge is 2.34. The number of piperidine rings is 1. The Kier molecular flexibility index (Phi) is 3.82. The molecule has 3 nitrogen and oxygen atoms in total. The molecule has 0 aromatic heterocycles. The van der Waals surface area contributed by atoms with Gasteiger partial charge in [-0.05, 0) is 54.0 Å². The molecule has 0 bridgehead atoms. The van der Waals surface area contributed by atoms with E-state index in [1.807, 2.05) is 0 Å². The molecule has 1 atom stereocenters. The molecule has 2 heterocycles. The number of likely N-dealkylation sites (tertiary alicyclic amines) is 1. The summed E-state index contributed by atoms with van der Waals surface area (Å²) in [5.74, 6) is 0. The van der Waals surface area contributed by atoms with Crippen LogP contribution in [0.2, 0.25) is 5.02 Å². The van der Waals surface area contributed by atoms with Crippen molar-refractivity contribution in [3.8, 4) is 0 Å². The minimum Gasteiger partial charge on any atom is -0.366 e. The minimum atomic E-state index is 0.502. The summed E-state index contributed by atoms with van der Waals surface area (Å²) < 4.78 is 0.